The average Bonchev–Trinajstić information content (AvgIpc) is 2.65. The van der Waals surface area contributed by atoms with Gasteiger partial charge in [0.25, 0.3) is 0 Å². The fourth-order valence-electron chi connectivity index (χ4n) is 1.93. The molecule has 1 aromatic heterocycles. The van der Waals surface area contributed by atoms with E-state index in [9.17, 15) is 0 Å². The monoisotopic (exact) mass is 224 g/mol. The van der Waals surface area contributed by atoms with Crippen LogP contribution >= 0.6 is 0 Å². The van der Waals surface area contributed by atoms with Gasteiger partial charge in [0.1, 0.15) is 0 Å². The minimum absolute atomic E-state index is 0.314. The molecule has 1 atom stereocenters. The molecule has 0 aliphatic rings. The molecule has 16 heavy (non-hydrogen) atoms. The quantitative estimate of drug-likeness (QED) is 0.835. The fourth-order valence-corrected chi connectivity index (χ4v) is 1.93. The van der Waals surface area contributed by atoms with Crippen LogP contribution in [0.15, 0.2) is 23.0 Å². The summed E-state index contributed by atoms with van der Waals surface area (Å²) in [6.07, 6.45) is 4.61. The largest absolute Gasteiger partial charge is 0.472 e. The number of hydrogen-bond donors (Lipinski definition) is 1. The van der Waals surface area contributed by atoms with Crippen LogP contribution in [0, 0.1) is 5.41 Å². The van der Waals surface area contributed by atoms with Gasteiger partial charge in [0.2, 0.25) is 0 Å². The van der Waals surface area contributed by atoms with E-state index in [-0.39, 0.29) is 0 Å². The van der Waals surface area contributed by atoms with E-state index in [2.05, 4.69) is 32.7 Å². The second-order valence-corrected chi connectivity index (χ2v) is 5.70. The van der Waals surface area contributed by atoms with Gasteiger partial charge in [0, 0.05) is 24.7 Å². The Bertz CT molecular complexity index is 287. The Balaban J connectivity index is 2.52. The molecule has 3 nitrogen and oxygen atoms in total. The molecule has 0 fully saturated rings. The van der Waals surface area contributed by atoms with Crippen molar-refractivity contribution in [3.63, 3.8) is 0 Å². The normalized spacial score (nSPS) is 14.4. The van der Waals surface area contributed by atoms with Gasteiger partial charge in [-0.05, 0) is 24.9 Å². The molecule has 0 bridgehead atoms. The Kier molecular flexibility index (Phi) is 4.56. The Morgan fingerprint density at radius 3 is 2.56 bits per heavy atom. The lowest BCUT2D eigenvalue weighted by atomic mass is 9.87. The Labute approximate surface area is 98.6 Å². The van der Waals surface area contributed by atoms with E-state index in [1.165, 1.54) is 5.56 Å². The van der Waals surface area contributed by atoms with Crippen LogP contribution in [0.2, 0.25) is 0 Å². The summed E-state index contributed by atoms with van der Waals surface area (Å²) in [7, 11) is 2.12. The van der Waals surface area contributed by atoms with E-state index in [0.717, 1.165) is 13.0 Å². The van der Waals surface area contributed by atoms with Gasteiger partial charge in [0.15, 0.2) is 0 Å². The molecule has 1 rings (SSSR count). The number of likely N-dealkylation sites (N-methyl/N-ethyl adjacent to an activating group) is 1. The number of rotatable bonds is 5. The van der Waals surface area contributed by atoms with E-state index < -0.39 is 0 Å². The second kappa shape index (κ2) is 5.51. The summed E-state index contributed by atoms with van der Waals surface area (Å²) in [6, 6.07) is 2.43. The van der Waals surface area contributed by atoms with Crippen LogP contribution in [0.25, 0.3) is 0 Å². The second-order valence-electron chi connectivity index (χ2n) is 5.70. The van der Waals surface area contributed by atoms with Crippen molar-refractivity contribution in [1.29, 1.82) is 0 Å². The Hall–Kier alpha value is -0.800. The molecule has 3 heteroatoms. The molecule has 0 saturated heterocycles. The van der Waals surface area contributed by atoms with Gasteiger partial charge in [-0.25, -0.2) is 0 Å². The predicted molar refractivity (Wildman–Crippen MR) is 67.1 cm³/mol. The smallest absolute Gasteiger partial charge is 0.0947 e. The molecule has 0 aromatic carbocycles. The van der Waals surface area contributed by atoms with E-state index in [1.54, 1.807) is 12.5 Å². The molecule has 0 amide bonds. The van der Waals surface area contributed by atoms with Gasteiger partial charge < -0.3 is 10.2 Å². The minimum atomic E-state index is 0.314. The van der Waals surface area contributed by atoms with Crippen molar-refractivity contribution in [2.24, 2.45) is 11.1 Å². The molecular formula is C13H24N2O. The molecular weight excluding hydrogens is 200 g/mol. The standard InChI is InChI=1S/C13H24N2O/c1-13(2,3)7-12(8-14)15(4)9-11-5-6-16-10-11/h5-6,10,12H,7-9,14H2,1-4H3. The number of hydrogen-bond acceptors (Lipinski definition) is 3. The molecule has 1 unspecified atom stereocenters. The van der Waals surface area contributed by atoms with Gasteiger partial charge >= 0.3 is 0 Å². The first-order chi connectivity index (χ1) is 7.42. The lowest BCUT2D eigenvalue weighted by Gasteiger charge is -2.32. The van der Waals surface area contributed by atoms with E-state index >= 15 is 0 Å². The topological polar surface area (TPSA) is 42.4 Å². The van der Waals surface area contributed by atoms with E-state index in [1.807, 2.05) is 6.07 Å². The molecule has 0 spiro atoms. The zero-order valence-corrected chi connectivity index (χ0v) is 10.9. The molecule has 1 heterocycles. The van der Waals surface area contributed by atoms with E-state index in [0.29, 0.717) is 18.0 Å². The third-order valence-electron chi connectivity index (χ3n) is 2.76. The van der Waals surface area contributed by atoms with Crippen LogP contribution in [-0.2, 0) is 6.54 Å². The predicted octanol–water partition coefficient (Wildman–Crippen LogP) is 2.47. The lowest BCUT2D eigenvalue weighted by Crippen LogP contribution is -2.40. The first-order valence-electron chi connectivity index (χ1n) is 5.84. The van der Waals surface area contributed by atoms with Gasteiger partial charge in [-0.1, -0.05) is 20.8 Å². The third-order valence-corrected chi connectivity index (χ3v) is 2.76. The maximum absolute atomic E-state index is 5.84. The molecule has 0 aliphatic carbocycles. The highest BCUT2D eigenvalue weighted by molar-refractivity contribution is 5.05. The summed E-state index contributed by atoms with van der Waals surface area (Å²) in [6.45, 7) is 8.35. The van der Waals surface area contributed by atoms with Gasteiger partial charge in [0.05, 0.1) is 12.5 Å². The highest BCUT2D eigenvalue weighted by Gasteiger charge is 2.21. The van der Waals surface area contributed by atoms with Crippen LogP contribution in [0.3, 0.4) is 0 Å². The van der Waals surface area contributed by atoms with Crippen molar-refractivity contribution in [2.45, 2.75) is 39.8 Å². The molecule has 92 valence electrons. The van der Waals surface area contributed by atoms with Crippen LogP contribution < -0.4 is 5.73 Å². The molecule has 0 saturated carbocycles. The minimum Gasteiger partial charge on any atom is -0.472 e. The van der Waals surface area contributed by atoms with Crippen molar-refractivity contribution >= 4 is 0 Å². The highest BCUT2D eigenvalue weighted by atomic mass is 16.3. The summed E-state index contributed by atoms with van der Waals surface area (Å²) in [4.78, 5) is 2.30. The summed E-state index contributed by atoms with van der Waals surface area (Å²) in [5.41, 5.74) is 7.36. The molecule has 1 aromatic rings. The van der Waals surface area contributed by atoms with Gasteiger partial charge in [-0.2, -0.15) is 0 Å². The Morgan fingerprint density at radius 2 is 2.12 bits per heavy atom. The maximum Gasteiger partial charge on any atom is 0.0947 e. The van der Waals surface area contributed by atoms with E-state index in [4.69, 9.17) is 10.2 Å². The fraction of sp³-hybridized carbons (Fsp3) is 0.692. The Morgan fingerprint density at radius 1 is 1.44 bits per heavy atom. The summed E-state index contributed by atoms with van der Waals surface area (Å²) < 4.78 is 5.07. The summed E-state index contributed by atoms with van der Waals surface area (Å²) in [5.74, 6) is 0. The number of nitrogens with zero attached hydrogens (tertiary/aromatic N) is 1. The van der Waals surface area contributed by atoms with Crippen molar-refractivity contribution in [3.8, 4) is 0 Å². The van der Waals surface area contributed by atoms with Crippen molar-refractivity contribution in [1.82, 2.24) is 4.90 Å². The zero-order chi connectivity index (χ0) is 12.2. The lowest BCUT2D eigenvalue weighted by molar-refractivity contribution is 0.177. The first-order valence-corrected chi connectivity index (χ1v) is 5.84. The number of nitrogens with two attached hydrogens (primary N) is 1. The summed E-state index contributed by atoms with van der Waals surface area (Å²) in [5, 5.41) is 0. The zero-order valence-electron chi connectivity index (χ0n) is 10.9. The van der Waals surface area contributed by atoms with Crippen molar-refractivity contribution in [2.75, 3.05) is 13.6 Å². The van der Waals surface area contributed by atoms with Crippen LogP contribution in [0.5, 0.6) is 0 Å². The average molecular weight is 224 g/mol. The SMILES string of the molecule is CN(Cc1ccoc1)C(CN)CC(C)(C)C. The van der Waals surface area contributed by atoms with Crippen LogP contribution in [-0.4, -0.2) is 24.5 Å². The van der Waals surface area contributed by atoms with Crippen molar-refractivity contribution < 1.29 is 4.42 Å². The highest BCUT2D eigenvalue weighted by Crippen LogP contribution is 2.23. The first kappa shape index (κ1) is 13.3. The van der Waals surface area contributed by atoms with Gasteiger partial charge in [-0.15, -0.1) is 0 Å². The van der Waals surface area contributed by atoms with Crippen LogP contribution in [0.1, 0.15) is 32.8 Å². The third kappa shape index (κ3) is 4.37. The van der Waals surface area contributed by atoms with Gasteiger partial charge in [-0.3, -0.25) is 4.90 Å². The molecule has 0 aliphatic heterocycles. The number of furan rings is 1. The maximum atomic E-state index is 5.84. The molecule has 0 radical (unpaired) electrons. The summed E-state index contributed by atoms with van der Waals surface area (Å²) >= 11 is 0. The molecule has 2 N–H and O–H groups in total. The van der Waals surface area contributed by atoms with Crippen LogP contribution in [0.4, 0.5) is 0 Å². The van der Waals surface area contributed by atoms with Crippen molar-refractivity contribution in [3.05, 3.63) is 24.2 Å².